The molecule has 5 heteroatoms. The lowest BCUT2D eigenvalue weighted by molar-refractivity contribution is 0.328. The normalized spacial score (nSPS) is 13.6. The highest BCUT2D eigenvalue weighted by atomic mass is 32.2. The molecule has 0 saturated heterocycles. The summed E-state index contributed by atoms with van der Waals surface area (Å²) < 4.78 is 27.6. The molecule has 116 valence electrons. The summed E-state index contributed by atoms with van der Waals surface area (Å²) in [5, 5.41) is -0.864. The van der Waals surface area contributed by atoms with Gasteiger partial charge in [0.2, 0.25) is 0 Å². The van der Waals surface area contributed by atoms with E-state index in [1.54, 1.807) is 6.92 Å². The van der Waals surface area contributed by atoms with Crippen LogP contribution in [0.2, 0.25) is 0 Å². The van der Waals surface area contributed by atoms with Crippen molar-refractivity contribution in [2.24, 2.45) is 5.73 Å². The third-order valence-electron chi connectivity index (χ3n) is 3.25. The average molecular weight is 293 g/mol. The molecule has 0 heterocycles. The zero-order chi connectivity index (χ0) is 14.6. The summed E-state index contributed by atoms with van der Waals surface area (Å²) in [6.45, 7) is 4.04. The Labute approximate surface area is 119 Å². The molecule has 0 aromatic carbocycles. The van der Waals surface area contributed by atoms with Crippen LogP contribution in [-0.2, 0) is 14.3 Å². The molecule has 2 N–H and O–H groups in total. The predicted octanol–water partition coefficient (Wildman–Crippen LogP) is 3.56. The summed E-state index contributed by atoms with van der Waals surface area (Å²) in [4.78, 5) is 0. The largest absolute Gasteiger partial charge is 0.313 e. The molecule has 0 saturated carbocycles. The Morgan fingerprint density at radius 2 is 1.37 bits per heavy atom. The first-order valence-electron chi connectivity index (χ1n) is 7.68. The molecule has 0 bridgehead atoms. The molecule has 0 rings (SSSR count). The molecule has 0 aliphatic carbocycles. The Kier molecular flexibility index (Phi) is 11.6. The molecule has 0 aliphatic rings. The lowest BCUT2D eigenvalue weighted by Gasteiger charge is -2.11. The Balaban J connectivity index is 3.44. The van der Waals surface area contributed by atoms with Crippen molar-refractivity contribution in [3.63, 3.8) is 0 Å². The van der Waals surface area contributed by atoms with Gasteiger partial charge in [0, 0.05) is 0 Å². The highest BCUT2D eigenvalue weighted by molar-refractivity contribution is 7.87. The average Bonchev–Trinajstić information content (AvgIpc) is 2.36. The van der Waals surface area contributed by atoms with E-state index in [9.17, 15) is 8.42 Å². The van der Waals surface area contributed by atoms with E-state index in [0.717, 1.165) is 12.8 Å². The van der Waals surface area contributed by atoms with Gasteiger partial charge in [-0.2, -0.15) is 8.42 Å². The molecule has 0 aromatic heterocycles. The lowest BCUT2D eigenvalue weighted by atomic mass is 10.1. The summed E-state index contributed by atoms with van der Waals surface area (Å²) >= 11 is 0. The predicted molar refractivity (Wildman–Crippen MR) is 80.4 cm³/mol. The maximum atomic E-state index is 11.4. The van der Waals surface area contributed by atoms with Crippen LogP contribution in [0, 0.1) is 0 Å². The molecule has 0 fully saturated rings. The van der Waals surface area contributed by atoms with Gasteiger partial charge in [-0.05, 0) is 13.3 Å². The van der Waals surface area contributed by atoms with Gasteiger partial charge in [0.05, 0.1) is 6.61 Å². The molecule has 0 spiro atoms. The van der Waals surface area contributed by atoms with Crippen LogP contribution in [0.4, 0.5) is 0 Å². The van der Waals surface area contributed by atoms with E-state index in [1.165, 1.54) is 44.9 Å². The van der Waals surface area contributed by atoms with E-state index in [2.05, 4.69) is 11.1 Å². The van der Waals surface area contributed by atoms with Gasteiger partial charge < -0.3 is 5.73 Å². The number of nitrogens with two attached hydrogens (primary N) is 1. The van der Waals surface area contributed by atoms with Crippen LogP contribution in [-0.4, -0.2) is 20.4 Å². The Hall–Kier alpha value is -0.130. The van der Waals surface area contributed by atoms with Crippen LogP contribution < -0.4 is 5.73 Å². The van der Waals surface area contributed by atoms with Crippen molar-refractivity contribution >= 4 is 10.1 Å². The molecular weight excluding hydrogens is 262 g/mol. The van der Waals surface area contributed by atoms with Gasteiger partial charge in [0.1, 0.15) is 5.37 Å². The molecule has 0 radical (unpaired) electrons. The first-order chi connectivity index (χ1) is 9.04. The van der Waals surface area contributed by atoms with Crippen molar-refractivity contribution in [3.8, 4) is 0 Å². The second-order valence-electron chi connectivity index (χ2n) is 5.05. The summed E-state index contributed by atoms with van der Waals surface area (Å²) in [6, 6.07) is 0. The highest BCUT2D eigenvalue weighted by Crippen LogP contribution is 2.13. The van der Waals surface area contributed by atoms with Crippen LogP contribution in [0.1, 0.15) is 78.1 Å². The summed E-state index contributed by atoms with van der Waals surface area (Å²) in [6.07, 6.45) is 11.4. The van der Waals surface area contributed by atoms with E-state index in [-0.39, 0.29) is 6.61 Å². The van der Waals surface area contributed by atoms with Crippen molar-refractivity contribution in [1.29, 1.82) is 0 Å². The Bertz CT molecular complexity index is 291. The summed E-state index contributed by atoms with van der Waals surface area (Å²) in [7, 11) is -3.54. The number of hydrogen-bond donors (Lipinski definition) is 1. The first kappa shape index (κ1) is 18.9. The fraction of sp³-hybridized carbons (Fsp3) is 1.00. The minimum atomic E-state index is -3.54. The summed E-state index contributed by atoms with van der Waals surface area (Å²) in [5.74, 6) is 0. The SMILES string of the molecule is CCCCCCCCCCCC(N)S(=O)(=O)OCC. The van der Waals surface area contributed by atoms with Gasteiger partial charge in [-0.15, -0.1) is 0 Å². The van der Waals surface area contributed by atoms with E-state index in [4.69, 9.17) is 5.73 Å². The van der Waals surface area contributed by atoms with Crippen molar-refractivity contribution in [2.75, 3.05) is 6.61 Å². The fourth-order valence-electron chi connectivity index (χ4n) is 2.05. The lowest BCUT2D eigenvalue weighted by Crippen LogP contribution is -2.32. The first-order valence-corrected chi connectivity index (χ1v) is 9.15. The molecule has 19 heavy (non-hydrogen) atoms. The molecule has 0 aliphatic heterocycles. The van der Waals surface area contributed by atoms with Crippen molar-refractivity contribution in [2.45, 2.75) is 83.4 Å². The summed E-state index contributed by atoms with van der Waals surface area (Å²) in [5.41, 5.74) is 5.62. The Morgan fingerprint density at radius 3 is 1.84 bits per heavy atom. The third-order valence-corrected chi connectivity index (χ3v) is 4.79. The maximum absolute atomic E-state index is 11.4. The van der Waals surface area contributed by atoms with Gasteiger partial charge >= 0.3 is 0 Å². The molecule has 1 atom stereocenters. The zero-order valence-corrected chi connectivity index (χ0v) is 13.4. The highest BCUT2D eigenvalue weighted by Gasteiger charge is 2.20. The van der Waals surface area contributed by atoms with E-state index < -0.39 is 15.5 Å². The quantitative estimate of drug-likeness (QED) is 0.416. The standard InChI is InChI=1S/C14H31NO3S/c1-3-5-6-7-8-9-10-11-12-13-14(15)19(16,17)18-4-2/h14H,3-13,15H2,1-2H3. The smallest absolute Gasteiger partial charge is 0.283 e. The van der Waals surface area contributed by atoms with E-state index in [0.29, 0.717) is 6.42 Å². The van der Waals surface area contributed by atoms with Gasteiger partial charge in [-0.3, -0.25) is 4.18 Å². The number of hydrogen-bond acceptors (Lipinski definition) is 4. The van der Waals surface area contributed by atoms with Crippen LogP contribution in [0.5, 0.6) is 0 Å². The fourth-order valence-corrected chi connectivity index (χ4v) is 3.01. The van der Waals surface area contributed by atoms with E-state index >= 15 is 0 Å². The van der Waals surface area contributed by atoms with Crippen LogP contribution in [0.3, 0.4) is 0 Å². The second-order valence-corrected chi connectivity index (χ2v) is 6.88. The van der Waals surface area contributed by atoms with Gasteiger partial charge in [0.25, 0.3) is 10.1 Å². The van der Waals surface area contributed by atoms with Crippen LogP contribution in [0.15, 0.2) is 0 Å². The van der Waals surface area contributed by atoms with Crippen LogP contribution >= 0.6 is 0 Å². The van der Waals surface area contributed by atoms with Crippen molar-refractivity contribution in [3.05, 3.63) is 0 Å². The van der Waals surface area contributed by atoms with Gasteiger partial charge in [0.15, 0.2) is 0 Å². The van der Waals surface area contributed by atoms with Gasteiger partial charge in [-0.1, -0.05) is 64.7 Å². The third kappa shape index (κ3) is 10.3. The Morgan fingerprint density at radius 1 is 0.895 bits per heavy atom. The molecule has 1 unspecified atom stereocenters. The molecular formula is C14H31NO3S. The van der Waals surface area contributed by atoms with Gasteiger partial charge in [-0.25, -0.2) is 0 Å². The minimum Gasteiger partial charge on any atom is -0.313 e. The molecule has 0 amide bonds. The van der Waals surface area contributed by atoms with Crippen LogP contribution in [0.25, 0.3) is 0 Å². The zero-order valence-electron chi connectivity index (χ0n) is 12.6. The maximum Gasteiger partial charge on any atom is 0.283 e. The topological polar surface area (TPSA) is 69.4 Å². The van der Waals surface area contributed by atoms with E-state index in [1.807, 2.05) is 0 Å². The van der Waals surface area contributed by atoms with Crippen molar-refractivity contribution < 1.29 is 12.6 Å². The number of unbranched alkanes of at least 4 members (excludes halogenated alkanes) is 8. The monoisotopic (exact) mass is 293 g/mol. The van der Waals surface area contributed by atoms with Crippen molar-refractivity contribution in [1.82, 2.24) is 0 Å². The molecule has 4 nitrogen and oxygen atoms in total. The molecule has 0 aromatic rings. The minimum absolute atomic E-state index is 0.161. The number of rotatable bonds is 13. The second kappa shape index (κ2) is 11.7.